The lowest BCUT2D eigenvalue weighted by Crippen LogP contribution is -2.54. The Morgan fingerprint density at radius 3 is 1.98 bits per heavy atom. The van der Waals surface area contributed by atoms with Crippen molar-refractivity contribution < 1.29 is 19.7 Å². The van der Waals surface area contributed by atoms with Crippen molar-refractivity contribution in [1.82, 2.24) is 0 Å². The van der Waals surface area contributed by atoms with E-state index < -0.39 is 0 Å². The number of esters is 1. The summed E-state index contributed by atoms with van der Waals surface area (Å²) in [6.07, 6.45) is 23.4. The third-order valence-corrected chi connectivity index (χ3v) is 15.4. The van der Waals surface area contributed by atoms with Gasteiger partial charge in [-0.15, -0.1) is 26.3 Å². The first-order chi connectivity index (χ1) is 26.4. The van der Waals surface area contributed by atoms with E-state index in [9.17, 15) is 10.1 Å². The van der Waals surface area contributed by atoms with Crippen LogP contribution in [0.5, 0.6) is 5.75 Å². The van der Waals surface area contributed by atoms with Crippen LogP contribution in [-0.4, -0.2) is 43.5 Å². The lowest BCUT2D eigenvalue weighted by molar-refractivity contribution is -0.297. The van der Waals surface area contributed by atoms with Crippen LogP contribution in [0.25, 0.3) is 0 Å². The molecule has 5 rings (SSSR count). The van der Waals surface area contributed by atoms with Gasteiger partial charge in [0, 0.05) is 56.1 Å². The highest BCUT2D eigenvalue weighted by molar-refractivity contribution is 5.74. The molecule has 4 fully saturated rings. The van der Waals surface area contributed by atoms with E-state index in [0.717, 1.165) is 59.7 Å². The van der Waals surface area contributed by atoms with Gasteiger partial charge in [0.15, 0.2) is 0 Å². The summed E-state index contributed by atoms with van der Waals surface area (Å²) >= 11 is 0. The minimum absolute atomic E-state index is 0.178. The number of rotatable bonds is 21. The number of anilines is 2. The second-order valence-corrected chi connectivity index (χ2v) is 19.0. The molecule has 10 atom stereocenters. The SMILES string of the molecule is C=CCN(CC=C)c1cc(OC(=O)CCC(OO)C2CCC3(C)C(CCC4C3CCC3(C)C(C(C)CCCC(C)C)CCC43)C2)cc(N(CC=C)CC=C)c1. The average Bonchev–Trinajstić information content (AvgIpc) is 3.52. The molecule has 1 N–H and O–H groups in total. The fourth-order valence-corrected chi connectivity index (χ4v) is 12.7. The standard InChI is InChI=1S/C49H76N2O4/c1-10-27-50(28-11-2)39-32-40(51(29-12-3)30-13-4)34-41(33-39)54-47(52)22-21-46(55-53)37-23-25-48(8)38(31-37)17-18-42-44-20-19-43(36(7)16-14-15-35(5)6)49(44,9)26-24-45(42)48/h10-13,32-38,42-46,53H,1-4,14-31H2,5-9H3. The maximum absolute atomic E-state index is 13.4. The maximum atomic E-state index is 13.4. The average molecular weight is 757 g/mol. The van der Waals surface area contributed by atoms with Crippen molar-refractivity contribution >= 4 is 17.3 Å². The summed E-state index contributed by atoms with van der Waals surface area (Å²) in [7, 11) is 0. The summed E-state index contributed by atoms with van der Waals surface area (Å²) in [5.41, 5.74) is 2.70. The molecule has 0 saturated heterocycles. The van der Waals surface area contributed by atoms with Crippen LogP contribution in [0.15, 0.2) is 68.8 Å². The van der Waals surface area contributed by atoms with E-state index in [-0.39, 0.29) is 24.4 Å². The zero-order chi connectivity index (χ0) is 39.8. The first kappa shape index (κ1) is 43.3. The third kappa shape index (κ3) is 9.83. The number of hydrogen-bond donors (Lipinski definition) is 1. The van der Waals surface area contributed by atoms with Gasteiger partial charge >= 0.3 is 5.97 Å². The Morgan fingerprint density at radius 2 is 1.40 bits per heavy atom. The second kappa shape index (κ2) is 19.5. The molecular weight excluding hydrogens is 681 g/mol. The van der Waals surface area contributed by atoms with Gasteiger partial charge < -0.3 is 14.5 Å². The zero-order valence-electron chi connectivity index (χ0n) is 35.4. The quantitative estimate of drug-likeness (QED) is 0.0443. The molecule has 0 amide bonds. The van der Waals surface area contributed by atoms with Gasteiger partial charge in [-0.3, -0.25) is 10.1 Å². The molecule has 10 unspecified atom stereocenters. The minimum atomic E-state index is -0.370. The molecule has 0 heterocycles. The Labute approximate surface area is 335 Å². The van der Waals surface area contributed by atoms with Gasteiger partial charge in [-0.1, -0.05) is 78.2 Å². The van der Waals surface area contributed by atoms with E-state index in [2.05, 4.69) is 76.8 Å². The molecule has 55 heavy (non-hydrogen) atoms. The van der Waals surface area contributed by atoms with Gasteiger partial charge in [0.25, 0.3) is 0 Å². The first-order valence-electron chi connectivity index (χ1n) is 22.0. The van der Waals surface area contributed by atoms with Crippen LogP contribution < -0.4 is 14.5 Å². The normalized spacial score (nSPS) is 31.0. The summed E-state index contributed by atoms with van der Waals surface area (Å²) in [6, 6.07) is 5.89. The van der Waals surface area contributed by atoms with E-state index in [4.69, 9.17) is 9.62 Å². The second-order valence-electron chi connectivity index (χ2n) is 19.0. The van der Waals surface area contributed by atoms with Crippen molar-refractivity contribution in [2.24, 2.45) is 58.2 Å². The van der Waals surface area contributed by atoms with Crippen LogP contribution in [0, 0.1) is 58.2 Å². The maximum Gasteiger partial charge on any atom is 0.311 e. The number of nitrogens with zero attached hydrogens (tertiary/aromatic N) is 2. The summed E-state index contributed by atoms with van der Waals surface area (Å²) in [6.45, 7) is 30.8. The van der Waals surface area contributed by atoms with E-state index in [1.165, 1.54) is 64.2 Å². The lowest BCUT2D eigenvalue weighted by Gasteiger charge is -2.61. The summed E-state index contributed by atoms with van der Waals surface area (Å²) in [4.78, 5) is 22.9. The number of carbonyl (C=O) groups is 1. The van der Waals surface area contributed by atoms with E-state index in [0.29, 0.717) is 55.1 Å². The Balaban J connectivity index is 1.20. The zero-order valence-corrected chi connectivity index (χ0v) is 35.4. The molecule has 4 aliphatic rings. The first-order valence-corrected chi connectivity index (χ1v) is 22.0. The molecule has 306 valence electrons. The van der Waals surface area contributed by atoms with Crippen molar-refractivity contribution in [3.8, 4) is 5.75 Å². The molecular formula is C49H76N2O4. The molecule has 0 bridgehead atoms. The molecule has 0 radical (unpaired) electrons. The Morgan fingerprint density at radius 1 is 0.800 bits per heavy atom. The lowest BCUT2D eigenvalue weighted by atomic mass is 9.43. The van der Waals surface area contributed by atoms with Gasteiger partial charge in [-0.25, -0.2) is 4.89 Å². The van der Waals surface area contributed by atoms with Crippen molar-refractivity contribution in [3.63, 3.8) is 0 Å². The predicted octanol–water partition coefficient (Wildman–Crippen LogP) is 12.3. The topological polar surface area (TPSA) is 62.2 Å². The molecule has 1 aromatic carbocycles. The fourth-order valence-electron chi connectivity index (χ4n) is 12.7. The number of carbonyl (C=O) groups excluding carboxylic acids is 1. The van der Waals surface area contributed by atoms with Gasteiger partial charge in [-0.05, 0) is 128 Å². The highest BCUT2D eigenvalue weighted by atomic mass is 17.1. The summed E-state index contributed by atoms with van der Waals surface area (Å²) in [5, 5.41) is 10.2. The van der Waals surface area contributed by atoms with Crippen LogP contribution in [0.2, 0.25) is 0 Å². The van der Waals surface area contributed by atoms with Crippen LogP contribution >= 0.6 is 0 Å². The number of fused-ring (bicyclic) bond motifs is 5. The largest absolute Gasteiger partial charge is 0.426 e. The van der Waals surface area contributed by atoms with Gasteiger partial charge in [0.1, 0.15) is 5.75 Å². The van der Waals surface area contributed by atoms with Crippen LogP contribution in [-0.2, 0) is 9.68 Å². The highest BCUT2D eigenvalue weighted by Crippen LogP contribution is 2.69. The molecule has 6 heteroatoms. The van der Waals surface area contributed by atoms with Gasteiger partial charge in [0.2, 0.25) is 0 Å². The highest BCUT2D eigenvalue weighted by Gasteiger charge is 2.60. The number of ether oxygens (including phenoxy) is 1. The molecule has 6 nitrogen and oxygen atoms in total. The van der Waals surface area contributed by atoms with Crippen molar-refractivity contribution in [3.05, 3.63) is 68.8 Å². The van der Waals surface area contributed by atoms with Crippen LogP contribution in [0.3, 0.4) is 0 Å². The molecule has 4 saturated carbocycles. The van der Waals surface area contributed by atoms with E-state index in [1.54, 1.807) is 0 Å². The Hall–Kier alpha value is -2.83. The molecule has 0 spiro atoms. The third-order valence-electron chi connectivity index (χ3n) is 15.4. The van der Waals surface area contributed by atoms with E-state index in [1.807, 2.05) is 36.4 Å². The molecule has 0 aliphatic heterocycles. The number of hydrogen-bond acceptors (Lipinski definition) is 6. The summed E-state index contributed by atoms with van der Waals surface area (Å²) in [5.74, 6) is 6.16. The molecule has 1 aromatic rings. The van der Waals surface area contributed by atoms with Gasteiger partial charge in [-0.2, -0.15) is 0 Å². The summed E-state index contributed by atoms with van der Waals surface area (Å²) < 4.78 is 6.01. The van der Waals surface area contributed by atoms with Gasteiger partial charge in [0.05, 0.1) is 6.10 Å². The monoisotopic (exact) mass is 757 g/mol. The minimum Gasteiger partial charge on any atom is -0.426 e. The number of benzene rings is 1. The van der Waals surface area contributed by atoms with Crippen molar-refractivity contribution in [1.29, 1.82) is 0 Å². The van der Waals surface area contributed by atoms with Crippen molar-refractivity contribution in [2.75, 3.05) is 36.0 Å². The Kier molecular flexibility index (Phi) is 15.4. The predicted molar refractivity (Wildman–Crippen MR) is 231 cm³/mol. The smallest absolute Gasteiger partial charge is 0.311 e. The van der Waals surface area contributed by atoms with E-state index >= 15 is 0 Å². The fraction of sp³-hybridized carbons (Fsp3) is 0.694. The van der Waals surface area contributed by atoms with Crippen LogP contribution in [0.4, 0.5) is 11.4 Å². The van der Waals surface area contributed by atoms with Crippen molar-refractivity contribution in [2.45, 2.75) is 131 Å². The molecule has 0 aromatic heterocycles. The molecule has 4 aliphatic carbocycles. The Bertz CT molecular complexity index is 1390. The van der Waals surface area contributed by atoms with Crippen LogP contribution in [0.1, 0.15) is 125 Å².